The van der Waals surface area contributed by atoms with E-state index in [0.717, 1.165) is 10.9 Å². The fourth-order valence-corrected chi connectivity index (χ4v) is 4.87. The first-order valence-corrected chi connectivity index (χ1v) is 9.17. The van der Waals surface area contributed by atoms with Gasteiger partial charge in [0.2, 0.25) is 0 Å². The van der Waals surface area contributed by atoms with E-state index in [1.807, 2.05) is 65.1 Å². The first-order valence-electron chi connectivity index (χ1n) is 7.44. The Hall–Kier alpha value is -0.923. The minimum absolute atomic E-state index is 0.562. The van der Waals surface area contributed by atoms with Gasteiger partial charge in [0.25, 0.3) is 0 Å². The molecule has 5 nitrogen and oxygen atoms in total. The van der Waals surface area contributed by atoms with Gasteiger partial charge in [-0.1, -0.05) is 18.2 Å². The topological polar surface area (TPSA) is 34.2 Å². The molecule has 0 aliphatic rings. The van der Waals surface area contributed by atoms with E-state index >= 15 is 0 Å². The van der Waals surface area contributed by atoms with Gasteiger partial charge in [0.15, 0.2) is 0 Å². The maximum absolute atomic E-state index is 6.02. The second-order valence-electron chi connectivity index (χ2n) is 4.74. The van der Waals surface area contributed by atoms with E-state index in [-0.39, 0.29) is 0 Å². The molecule has 0 saturated heterocycles. The van der Waals surface area contributed by atoms with E-state index < -0.39 is 8.80 Å². The molecule has 0 saturated carbocycles. The average molecular weight is 312 g/mol. The van der Waals surface area contributed by atoms with E-state index in [0.29, 0.717) is 19.8 Å². The molecule has 0 unspecified atom stereocenters. The first kappa shape index (κ1) is 18.1. The Bertz CT molecular complexity index is 412. The van der Waals surface area contributed by atoms with Gasteiger partial charge in [-0.05, 0) is 26.8 Å². The Morgan fingerprint density at radius 3 is 1.76 bits per heavy atom. The maximum Gasteiger partial charge on any atom is 0.539 e. The van der Waals surface area contributed by atoms with Gasteiger partial charge in [-0.2, -0.15) is 0 Å². The molecule has 0 aliphatic heterocycles. The van der Waals surface area contributed by atoms with Crippen molar-refractivity contribution < 1.29 is 13.3 Å². The van der Waals surface area contributed by atoms with Crippen molar-refractivity contribution in [1.29, 1.82) is 0 Å². The highest BCUT2D eigenvalue weighted by Crippen LogP contribution is 2.19. The summed E-state index contributed by atoms with van der Waals surface area (Å²) in [7, 11) is 3.13. The van der Waals surface area contributed by atoms with Crippen LogP contribution >= 0.6 is 0 Å². The molecule has 1 rings (SSSR count). The van der Waals surface area contributed by atoms with Gasteiger partial charge in [0, 0.05) is 46.2 Å². The van der Waals surface area contributed by atoms with Crippen molar-refractivity contribution >= 4 is 19.7 Å². The molecule has 0 aliphatic carbocycles. The van der Waals surface area contributed by atoms with Gasteiger partial charge in [0.1, 0.15) is 0 Å². The smallest absolute Gasteiger partial charge is 0.370 e. The van der Waals surface area contributed by atoms with Crippen LogP contribution in [0.5, 0.6) is 0 Å². The Kier molecular flexibility index (Phi) is 7.34. The number of para-hydroxylation sites is 1. The highest BCUT2D eigenvalue weighted by Gasteiger charge is 2.45. The number of hydrogen-bond donors (Lipinski definition) is 0. The Labute approximate surface area is 129 Å². The lowest BCUT2D eigenvalue weighted by Crippen LogP contribution is -2.58. The van der Waals surface area contributed by atoms with Gasteiger partial charge in [-0.15, -0.1) is 0 Å². The van der Waals surface area contributed by atoms with Crippen molar-refractivity contribution in [1.82, 2.24) is 5.01 Å². The monoisotopic (exact) mass is 312 g/mol. The summed E-state index contributed by atoms with van der Waals surface area (Å²) in [6, 6.07) is 8.12. The molecule has 0 spiro atoms. The van der Waals surface area contributed by atoms with Gasteiger partial charge < -0.3 is 18.3 Å². The molecular formula is C15H28N2O3Si. The molecule has 0 fully saturated rings. The lowest BCUT2D eigenvalue weighted by molar-refractivity contribution is 0.0859. The lowest BCUT2D eigenvalue weighted by Gasteiger charge is -2.34. The van der Waals surface area contributed by atoms with Gasteiger partial charge in [-0.25, -0.2) is 5.01 Å². The van der Waals surface area contributed by atoms with Crippen molar-refractivity contribution in [2.45, 2.75) is 20.8 Å². The third-order valence-electron chi connectivity index (χ3n) is 3.19. The second-order valence-corrected chi connectivity index (χ2v) is 7.26. The predicted molar refractivity (Wildman–Crippen MR) is 88.8 cm³/mol. The third-order valence-corrected chi connectivity index (χ3v) is 6.27. The Morgan fingerprint density at radius 2 is 1.33 bits per heavy atom. The molecule has 6 heteroatoms. The molecule has 1 aromatic carbocycles. The molecule has 21 heavy (non-hydrogen) atoms. The molecule has 1 aromatic rings. The molecule has 0 bridgehead atoms. The number of rotatable bonds is 9. The minimum Gasteiger partial charge on any atom is -0.370 e. The van der Waals surface area contributed by atoms with Gasteiger partial charge >= 0.3 is 8.80 Å². The standard InChI is InChI=1S/C15H28N2O3Si/c1-7-18-21(19-8-2,20-9-3)15-13-11-10-12-14(15)17(6)16(4)5/h10-13H,7-9H2,1-6H3. The minimum atomic E-state index is -2.89. The molecule has 0 radical (unpaired) electrons. The molecule has 0 amide bonds. The first-order chi connectivity index (χ1) is 10.0. The number of anilines is 1. The van der Waals surface area contributed by atoms with E-state index in [4.69, 9.17) is 13.3 Å². The van der Waals surface area contributed by atoms with Crippen LogP contribution < -0.4 is 10.2 Å². The normalized spacial score (nSPS) is 12.0. The Morgan fingerprint density at radius 1 is 0.857 bits per heavy atom. The van der Waals surface area contributed by atoms with Crippen LogP contribution in [0.2, 0.25) is 0 Å². The number of benzene rings is 1. The van der Waals surface area contributed by atoms with E-state index in [1.54, 1.807) is 0 Å². The number of hydrogen-bond acceptors (Lipinski definition) is 5. The summed E-state index contributed by atoms with van der Waals surface area (Å²) in [5, 5.41) is 5.09. The van der Waals surface area contributed by atoms with Crippen LogP contribution in [0.1, 0.15) is 20.8 Å². The average Bonchev–Trinajstić information content (AvgIpc) is 2.47. The number of nitrogens with zero attached hydrogens (tertiary/aromatic N) is 2. The summed E-state index contributed by atoms with van der Waals surface area (Å²) in [6.45, 7) is 7.60. The van der Waals surface area contributed by atoms with Crippen molar-refractivity contribution in [3.05, 3.63) is 24.3 Å². The zero-order chi connectivity index (χ0) is 15.9. The van der Waals surface area contributed by atoms with Crippen molar-refractivity contribution in [2.75, 3.05) is 46.0 Å². The molecule has 120 valence electrons. The summed E-state index contributed by atoms with van der Waals surface area (Å²) in [5.74, 6) is 0. The molecule has 0 N–H and O–H groups in total. The quantitative estimate of drug-likeness (QED) is 0.513. The SMILES string of the molecule is CCO[Si](OCC)(OCC)c1ccccc1N(C)N(C)C. The second kappa shape index (κ2) is 8.50. The van der Waals surface area contributed by atoms with Crippen LogP contribution in [-0.4, -0.2) is 54.8 Å². The van der Waals surface area contributed by atoms with Crippen molar-refractivity contribution in [3.63, 3.8) is 0 Å². The fraction of sp³-hybridized carbons (Fsp3) is 0.600. The zero-order valence-corrected chi connectivity index (χ0v) is 15.0. The van der Waals surface area contributed by atoms with Crippen LogP contribution in [0.3, 0.4) is 0 Å². The molecular weight excluding hydrogens is 284 g/mol. The van der Waals surface area contributed by atoms with Crippen LogP contribution in [0.4, 0.5) is 5.69 Å². The van der Waals surface area contributed by atoms with Crippen LogP contribution in [-0.2, 0) is 13.3 Å². The molecule has 0 aromatic heterocycles. The predicted octanol–water partition coefficient (Wildman–Crippen LogP) is 1.85. The Balaban J connectivity index is 3.35. The summed E-state index contributed by atoms with van der Waals surface area (Å²) in [5.41, 5.74) is 1.05. The molecule has 0 atom stereocenters. The van der Waals surface area contributed by atoms with Crippen LogP contribution in [0.15, 0.2) is 24.3 Å². The number of hydrazine groups is 1. The van der Waals surface area contributed by atoms with Crippen molar-refractivity contribution in [2.24, 2.45) is 0 Å². The fourth-order valence-electron chi connectivity index (χ4n) is 2.16. The molecule has 0 heterocycles. The van der Waals surface area contributed by atoms with E-state index in [1.165, 1.54) is 0 Å². The van der Waals surface area contributed by atoms with E-state index in [2.05, 4.69) is 11.1 Å². The largest absolute Gasteiger partial charge is 0.539 e. The van der Waals surface area contributed by atoms with Crippen LogP contribution in [0, 0.1) is 0 Å². The zero-order valence-electron chi connectivity index (χ0n) is 14.0. The lowest BCUT2D eigenvalue weighted by atomic mass is 10.3. The van der Waals surface area contributed by atoms with Crippen molar-refractivity contribution in [3.8, 4) is 0 Å². The van der Waals surface area contributed by atoms with Gasteiger partial charge in [-0.3, -0.25) is 0 Å². The summed E-state index contributed by atoms with van der Waals surface area (Å²) in [4.78, 5) is 0. The maximum atomic E-state index is 6.02. The summed E-state index contributed by atoms with van der Waals surface area (Å²) >= 11 is 0. The highest BCUT2D eigenvalue weighted by atomic mass is 28.4. The summed E-state index contributed by atoms with van der Waals surface area (Å²) in [6.07, 6.45) is 0. The summed E-state index contributed by atoms with van der Waals surface area (Å²) < 4.78 is 18.0. The third kappa shape index (κ3) is 4.27. The van der Waals surface area contributed by atoms with E-state index in [9.17, 15) is 0 Å². The van der Waals surface area contributed by atoms with Crippen LogP contribution in [0.25, 0.3) is 0 Å². The highest BCUT2D eigenvalue weighted by molar-refractivity contribution is 6.76. The van der Waals surface area contributed by atoms with Gasteiger partial charge in [0.05, 0.1) is 5.69 Å².